The van der Waals surface area contributed by atoms with Gasteiger partial charge in [-0.15, -0.1) is 23.6 Å². The summed E-state index contributed by atoms with van der Waals surface area (Å²) in [4.78, 5) is 12.3. The molecule has 2 aliphatic heterocycles. The Morgan fingerprint density at radius 2 is 1.54 bits per heavy atom. The Kier molecular flexibility index (Phi) is 8.20. The van der Waals surface area contributed by atoms with E-state index in [0.717, 1.165) is 63.2 Å². The molecule has 0 bridgehead atoms. The van der Waals surface area contributed by atoms with E-state index in [4.69, 9.17) is 14.7 Å². The molecule has 0 aliphatic carbocycles. The van der Waals surface area contributed by atoms with Crippen LogP contribution in [0.5, 0.6) is 11.5 Å². The number of imidazole rings is 1. The van der Waals surface area contributed by atoms with Gasteiger partial charge in [-0.25, -0.2) is 4.98 Å². The van der Waals surface area contributed by atoms with E-state index < -0.39 is 0 Å². The van der Waals surface area contributed by atoms with E-state index >= 15 is 0 Å². The molecule has 0 saturated heterocycles. The van der Waals surface area contributed by atoms with Crippen LogP contribution < -0.4 is 15.0 Å². The number of pyridine rings is 1. The van der Waals surface area contributed by atoms with Crippen LogP contribution in [0.15, 0.2) is 116 Å². The van der Waals surface area contributed by atoms with Gasteiger partial charge in [0.25, 0.3) is 0 Å². The SMILES string of the molecule is Cc1cccc2c1B1N(C)c3ccc(Oc4[c-]c5c(cc4)c4ccccc4n5-c4cc(C(C)(C)C)ccn4)[c-]c3-c3ncc(n31)-c1ccccc1CC2.[Pt+2]. The number of hydrogen-bond acceptors (Lipinski definition) is 4. The first-order valence-corrected chi connectivity index (χ1v) is 18.4. The van der Waals surface area contributed by atoms with Gasteiger partial charge in [0.2, 0.25) is 0 Å². The summed E-state index contributed by atoms with van der Waals surface area (Å²) in [5, 5.41) is 2.25. The monoisotopic (exact) mass is 882 g/mol. The van der Waals surface area contributed by atoms with E-state index in [9.17, 15) is 0 Å². The fourth-order valence-corrected chi connectivity index (χ4v) is 8.49. The van der Waals surface area contributed by atoms with Gasteiger partial charge in [0.15, 0.2) is 0 Å². The molecule has 0 fully saturated rings. The largest absolute Gasteiger partial charge is 2.00 e. The van der Waals surface area contributed by atoms with Crippen molar-refractivity contribution in [1.29, 1.82) is 0 Å². The van der Waals surface area contributed by atoms with Crippen LogP contribution in [0.1, 0.15) is 43.0 Å². The molecule has 0 atom stereocenters. The summed E-state index contributed by atoms with van der Waals surface area (Å²) >= 11 is 0. The van der Waals surface area contributed by atoms with Crippen molar-refractivity contribution in [3.63, 3.8) is 0 Å². The van der Waals surface area contributed by atoms with E-state index in [-0.39, 0.29) is 33.5 Å². The van der Waals surface area contributed by atoms with Gasteiger partial charge in [0.05, 0.1) is 0 Å². The zero-order chi connectivity index (χ0) is 36.0. The molecule has 0 N–H and O–H groups in total. The molecular formula is C46H38BN5OPt. The first kappa shape index (κ1) is 34.4. The summed E-state index contributed by atoms with van der Waals surface area (Å²) in [7, 11) is 2.19. The van der Waals surface area contributed by atoms with Crippen molar-refractivity contribution >= 4 is 39.9 Å². The predicted octanol–water partition coefficient (Wildman–Crippen LogP) is 9.50. The minimum absolute atomic E-state index is 0. The van der Waals surface area contributed by atoms with Crippen molar-refractivity contribution < 1.29 is 25.8 Å². The molecule has 8 heteroatoms. The first-order chi connectivity index (χ1) is 25.7. The zero-order valence-corrected chi connectivity index (χ0v) is 33.2. The number of rotatable bonds is 3. The third kappa shape index (κ3) is 5.35. The Labute approximate surface area is 330 Å². The van der Waals surface area contributed by atoms with Crippen LogP contribution in [0.25, 0.3) is 50.3 Å². The maximum absolute atomic E-state index is 6.64. The fourth-order valence-electron chi connectivity index (χ4n) is 8.49. The molecule has 3 aromatic heterocycles. The Morgan fingerprint density at radius 3 is 2.41 bits per heavy atom. The molecule has 0 amide bonds. The number of aromatic nitrogens is 4. The molecule has 8 aromatic rings. The van der Waals surface area contributed by atoms with Crippen molar-refractivity contribution in [1.82, 2.24) is 19.0 Å². The molecule has 6 nitrogen and oxygen atoms in total. The van der Waals surface area contributed by atoms with Gasteiger partial charge in [-0.3, -0.25) is 4.98 Å². The summed E-state index contributed by atoms with van der Waals surface area (Å²) in [5.74, 6) is 2.97. The van der Waals surface area contributed by atoms with E-state index in [1.807, 2.05) is 24.5 Å². The Bertz CT molecular complexity index is 2760. The van der Waals surface area contributed by atoms with Gasteiger partial charge in [-0.2, -0.15) is 6.07 Å². The summed E-state index contributed by atoms with van der Waals surface area (Å²) in [6.07, 6.45) is 5.89. The molecule has 0 radical (unpaired) electrons. The Balaban J connectivity index is 0.00000384. The van der Waals surface area contributed by atoms with Crippen LogP contribution in [0.3, 0.4) is 0 Å². The number of nitrogens with zero attached hydrogens (tertiary/aromatic N) is 5. The number of aryl methyl sites for hydroxylation is 3. The van der Waals surface area contributed by atoms with Crippen molar-refractivity contribution in [2.75, 3.05) is 11.9 Å². The van der Waals surface area contributed by atoms with Crippen molar-refractivity contribution in [2.24, 2.45) is 0 Å². The summed E-state index contributed by atoms with van der Waals surface area (Å²) < 4.78 is 11.2. The minimum atomic E-state index is -0.0550. The average molecular weight is 883 g/mol. The zero-order valence-electron chi connectivity index (χ0n) is 30.9. The molecular weight excluding hydrogens is 844 g/mol. The number of ether oxygens (including phenoxy) is 1. The molecule has 5 heterocycles. The predicted molar refractivity (Wildman–Crippen MR) is 216 cm³/mol. The van der Waals surface area contributed by atoms with Gasteiger partial charge >= 0.3 is 28.0 Å². The van der Waals surface area contributed by atoms with E-state index in [1.54, 1.807) is 0 Å². The number of anilines is 1. The van der Waals surface area contributed by atoms with E-state index in [2.05, 4.69) is 152 Å². The molecule has 0 unspecified atom stereocenters. The quantitative estimate of drug-likeness (QED) is 0.131. The van der Waals surface area contributed by atoms with E-state index in [0.29, 0.717) is 11.5 Å². The summed E-state index contributed by atoms with van der Waals surface area (Å²) in [6.45, 7) is 8.86. The fraction of sp³-hybridized carbons (Fsp3) is 0.174. The van der Waals surface area contributed by atoms with Crippen LogP contribution >= 0.6 is 0 Å². The summed E-state index contributed by atoms with van der Waals surface area (Å²) in [5.41, 5.74) is 12.9. The third-order valence-electron chi connectivity index (χ3n) is 11.2. The smallest absolute Gasteiger partial charge is 0.503 e. The van der Waals surface area contributed by atoms with Crippen LogP contribution in [0.4, 0.5) is 5.69 Å². The second-order valence-electron chi connectivity index (χ2n) is 15.4. The molecule has 5 aromatic carbocycles. The van der Waals surface area contributed by atoms with Gasteiger partial charge < -0.3 is 18.6 Å². The van der Waals surface area contributed by atoms with Gasteiger partial charge in [0.1, 0.15) is 5.82 Å². The standard InChI is InChI=1S/C46H38BN5O.Pt/c1-29-11-10-13-31-18-17-30-12-6-7-14-35(30)42-28-49-45-38-26-33(20-22-39(38)50(5)47(44(29)31)52(42)45)53-34-19-21-37-36-15-8-9-16-40(36)51(41(37)27-34)43-25-32(23-24-48-43)46(2,3)4;/h6-16,19-25,28H,17-18H2,1-5H3;/q-2;+2. The van der Waals surface area contributed by atoms with Crippen molar-refractivity contribution in [2.45, 2.75) is 46.0 Å². The van der Waals surface area contributed by atoms with E-state index in [1.165, 1.54) is 33.3 Å². The molecule has 0 saturated carbocycles. The number of fused-ring (bicyclic) bond motifs is 9. The maximum Gasteiger partial charge on any atom is 2.00 e. The number of benzene rings is 5. The van der Waals surface area contributed by atoms with Crippen molar-refractivity contribution in [3.8, 4) is 40.0 Å². The molecule has 2 aliphatic rings. The number of para-hydroxylation sites is 1. The van der Waals surface area contributed by atoms with Crippen LogP contribution in [-0.4, -0.2) is 33.0 Å². The maximum atomic E-state index is 6.64. The average Bonchev–Trinajstić information content (AvgIpc) is 3.75. The molecule has 10 rings (SSSR count). The van der Waals surface area contributed by atoms with Crippen molar-refractivity contribution in [3.05, 3.63) is 150 Å². The minimum Gasteiger partial charge on any atom is -0.503 e. The Hall–Kier alpha value is -5.39. The number of hydrogen-bond donors (Lipinski definition) is 0. The first-order valence-electron chi connectivity index (χ1n) is 18.4. The summed E-state index contributed by atoms with van der Waals surface area (Å²) in [6, 6.07) is 43.8. The van der Waals surface area contributed by atoms with Crippen LogP contribution in [-0.2, 0) is 39.3 Å². The van der Waals surface area contributed by atoms with Gasteiger partial charge in [-0.05, 0) is 78.0 Å². The normalized spacial score (nSPS) is 13.3. The second kappa shape index (κ2) is 12.9. The molecule has 0 spiro atoms. The molecule has 266 valence electrons. The van der Waals surface area contributed by atoms with Crippen LogP contribution in [0.2, 0.25) is 0 Å². The van der Waals surface area contributed by atoms with Crippen LogP contribution in [0, 0.1) is 19.1 Å². The van der Waals surface area contributed by atoms with Gasteiger partial charge in [-0.1, -0.05) is 116 Å². The Morgan fingerprint density at radius 1 is 0.778 bits per heavy atom. The topological polar surface area (TPSA) is 48.1 Å². The van der Waals surface area contributed by atoms with Gasteiger partial charge in [0, 0.05) is 46.5 Å². The molecule has 54 heavy (non-hydrogen) atoms. The second-order valence-corrected chi connectivity index (χ2v) is 15.4. The third-order valence-corrected chi connectivity index (χ3v) is 11.2.